The number of para-hydroxylation sites is 1. The third-order valence-electron chi connectivity index (χ3n) is 7.09. The zero-order valence-corrected chi connectivity index (χ0v) is 22.6. The van der Waals surface area contributed by atoms with Gasteiger partial charge < -0.3 is 4.90 Å². The van der Waals surface area contributed by atoms with Crippen LogP contribution in [0.2, 0.25) is 0 Å². The summed E-state index contributed by atoms with van der Waals surface area (Å²) in [4.78, 5) is 28.8. The number of aromatic nitrogens is 2. The van der Waals surface area contributed by atoms with Gasteiger partial charge in [-0.1, -0.05) is 60.7 Å². The second kappa shape index (κ2) is 10.3. The van der Waals surface area contributed by atoms with Gasteiger partial charge in [0.25, 0.3) is 11.8 Å². The lowest BCUT2D eigenvalue weighted by Crippen LogP contribution is -2.26. The van der Waals surface area contributed by atoms with Gasteiger partial charge in [-0.05, 0) is 58.8 Å². The third kappa shape index (κ3) is 4.60. The number of thiophene rings is 1. The molecule has 7 rings (SSSR count). The fourth-order valence-corrected chi connectivity index (χ4v) is 5.84. The number of rotatable bonds is 7. The van der Waals surface area contributed by atoms with E-state index in [-0.39, 0.29) is 11.8 Å². The Morgan fingerprint density at radius 2 is 1.71 bits per heavy atom. The average Bonchev–Trinajstić information content (AvgIpc) is 3.75. The Balaban J connectivity index is 1.06. The summed E-state index contributed by atoms with van der Waals surface area (Å²) >= 11 is 1.59. The van der Waals surface area contributed by atoms with Gasteiger partial charge in [-0.25, -0.2) is 10.1 Å². The lowest BCUT2D eigenvalue weighted by atomic mass is 10.1. The second-order valence-electron chi connectivity index (χ2n) is 9.66. The topological polar surface area (TPSA) is 79.6 Å². The van der Waals surface area contributed by atoms with Crippen LogP contribution in [0.5, 0.6) is 0 Å². The molecule has 4 aromatic carbocycles. The smallest absolute Gasteiger partial charge is 0.271 e. The summed E-state index contributed by atoms with van der Waals surface area (Å²) in [6.07, 6.45) is 3.51. The number of nitrogens with zero attached hydrogens (tertiary/aromatic N) is 4. The van der Waals surface area contributed by atoms with E-state index in [1.54, 1.807) is 39.3 Å². The number of nitrogens with one attached hydrogen (secondary N) is 1. The van der Waals surface area contributed by atoms with Crippen molar-refractivity contribution < 1.29 is 9.59 Å². The molecule has 0 spiro atoms. The van der Waals surface area contributed by atoms with E-state index >= 15 is 0 Å². The van der Waals surface area contributed by atoms with Gasteiger partial charge in [0.15, 0.2) is 0 Å². The highest BCUT2D eigenvalue weighted by Crippen LogP contribution is 2.38. The van der Waals surface area contributed by atoms with Gasteiger partial charge in [-0.15, -0.1) is 11.3 Å². The van der Waals surface area contributed by atoms with Crippen LogP contribution in [0, 0.1) is 0 Å². The highest BCUT2D eigenvalue weighted by atomic mass is 32.1. The molecule has 8 heteroatoms. The molecule has 3 heterocycles. The molecule has 0 fully saturated rings. The van der Waals surface area contributed by atoms with E-state index in [0.717, 1.165) is 49.4 Å². The van der Waals surface area contributed by atoms with Gasteiger partial charge in [0, 0.05) is 28.3 Å². The van der Waals surface area contributed by atoms with Crippen molar-refractivity contribution in [1.82, 2.24) is 15.2 Å². The molecule has 198 valence electrons. The molecule has 1 aliphatic heterocycles. The largest absolute Gasteiger partial charge is 0.303 e. The molecule has 1 N–H and O–H groups in total. The highest BCUT2D eigenvalue weighted by molar-refractivity contribution is 7.13. The Labute approximate surface area is 240 Å². The van der Waals surface area contributed by atoms with E-state index in [4.69, 9.17) is 5.10 Å². The van der Waals surface area contributed by atoms with Gasteiger partial charge in [-0.3, -0.25) is 9.59 Å². The number of carbonyl (C=O) groups is 2. The van der Waals surface area contributed by atoms with Crippen LogP contribution in [0.1, 0.15) is 31.8 Å². The first-order valence-corrected chi connectivity index (χ1v) is 14.0. The Bertz CT molecular complexity index is 1920. The van der Waals surface area contributed by atoms with Crippen LogP contribution in [-0.2, 0) is 6.54 Å². The summed E-state index contributed by atoms with van der Waals surface area (Å²) in [5, 5.41) is 13.0. The number of hydrogen-bond donors (Lipinski definition) is 1. The van der Waals surface area contributed by atoms with Crippen molar-refractivity contribution in [3.05, 3.63) is 137 Å². The molecule has 41 heavy (non-hydrogen) atoms. The lowest BCUT2D eigenvalue weighted by Gasteiger charge is -2.18. The van der Waals surface area contributed by atoms with Crippen molar-refractivity contribution in [2.24, 2.45) is 5.10 Å². The van der Waals surface area contributed by atoms with Crippen LogP contribution in [0.25, 0.3) is 27.0 Å². The second-order valence-corrected chi connectivity index (χ2v) is 10.6. The van der Waals surface area contributed by atoms with E-state index in [9.17, 15) is 9.59 Å². The number of anilines is 1. The van der Waals surface area contributed by atoms with Crippen molar-refractivity contribution in [2.75, 3.05) is 4.90 Å². The molecule has 0 bridgehead atoms. The number of amides is 2. The number of hydrogen-bond acceptors (Lipinski definition) is 5. The predicted octanol–water partition coefficient (Wildman–Crippen LogP) is 6.68. The zero-order chi connectivity index (χ0) is 27.8. The van der Waals surface area contributed by atoms with Crippen LogP contribution in [0.3, 0.4) is 0 Å². The third-order valence-corrected chi connectivity index (χ3v) is 7.97. The van der Waals surface area contributed by atoms with Crippen molar-refractivity contribution in [3.8, 4) is 16.3 Å². The first-order valence-electron chi connectivity index (χ1n) is 13.1. The number of hydrazone groups is 1. The summed E-state index contributed by atoms with van der Waals surface area (Å²) in [6.45, 7) is 0.420. The Morgan fingerprint density at radius 3 is 2.49 bits per heavy atom. The summed E-state index contributed by atoms with van der Waals surface area (Å²) in [7, 11) is 0. The van der Waals surface area contributed by atoms with E-state index < -0.39 is 0 Å². The zero-order valence-electron chi connectivity index (χ0n) is 21.8. The minimum atomic E-state index is -0.324. The Hall–Kier alpha value is -5.34. The minimum Gasteiger partial charge on any atom is -0.303 e. The fourth-order valence-electron chi connectivity index (χ4n) is 5.10. The SMILES string of the molecule is O=C(N/N=C/c1cn(-c2ccccc2)nc1-c1cccs1)c1ccc(CN2C(=O)c3cccc4cccc2c34)cc1. The van der Waals surface area contributed by atoms with E-state index in [1.807, 2.05) is 103 Å². The molecule has 6 aromatic rings. The number of carbonyl (C=O) groups excluding carboxylic acids is 2. The van der Waals surface area contributed by atoms with Crippen LogP contribution >= 0.6 is 11.3 Å². The average molecular weight is 554 g/mol. The molecule has 0 atom stereocenters. The fraction of sp³-hybridized carbons (Fsp3) is 0.0303. The summed E-state index contributed by atoms with van der Waals surface area (Å²) < 4.78 is 1.81. The maximum atomic E-state index is 13.1. The van der Waals surface area contributed by atoms with Gasteiger partial charge >= 0.3 is 0 Å². The number of benzene rings is 4. The van der Waals surface area contributed by atoms with E-state index in [2.05, 4.69) is 10.5 Å². The van der Waals surface area contributed by atoms with Gasteiger partial charge in [0.1, 0.15) is 5.69 Å². The minimum absolute atomic E-state index is 0.00883. The molecule has 0 aliphatic carbocycles. The molecule has 1 aliphatic rings. The molecule has 2 amide bonds. The molecular weight excluding hydrogens is 530 g/mol. The molecular formula is C33H23N5O2S. The Kier molecular flexibility index (Phi) is 6.22. The molecule has 0 unspecified atom stereocenters. The van der Waals surface area contributed by atoms with Crippen molar-refractivity contribution in [1.29, 1.82) is 0 Å². The summed E-state index contributed by atoms with van der Waals surface area (Å²) in [5.41, 5.74) is 8.19. The molecule has 2 aromatic heterocycles. The quantitative estimate of drug-likeness (QED) is 0.177. The van der Waals surface area contributed by atoms with Crippen LogP contribution in [0.4, 0.5) is 5.69 Å². The highest BCUT2D eigenvalue weighted by Gasteiger charge is 2.29. The lowest BCUT2D eigenvalue weighted by molar-refractivity contribution is 0.0953. The van der Waals surface area contributed by atoms with Gasteiger partial charge in [-0.2, -0.15) is 10.2 Å². The van der Waals surface area contributed by atoms with E-state index in [0.29, 0.717) is 12.1 Å². The normalized spacial score (nSPS) is 12.5. The monoisotopic (exact) mass is 553 g/mol. The summed E-state index contributed by atoms with van der Waals surface area (Å²) in [5.74, 6) is -0.333. The van der Waals surface area contributed by atoms with Crippen molar-refractivity contribution in [2.45, 2.75) is 6.54 Å². The van der Waals surface area contributed by atoms with Crippen molar-refractivity contribution >= 4 is 45.8 Å². The van der Waals surface area contributed by atoms with Crippen molar-refractivity contribution in [3.63, 3.8) is 0 Å². The predicted molar refractivity (Wildman–Crippen MR) is 163 cm³/mol. The summed E-state index contributed by atoms with van der Waals surface area (Å²) in [6, 6.07) is 32.8. The standard InChI is InChI=1S/C33H23N5O2S/c39-32(35-34-19-25-21-38(26-9-2-1-3-10-26)36-31(25)29-13-6-18-41-29)24-16-14-22(15-17-24)20-37-28-12-5-8-23-7-4-11-27(30(23)28)33(37)40/h1-19,21H,20H2,(H,35,39)/b34-19+. The molecule has 0 saturated carbocycles. The van der Waals surface area contributed by atoms with Gasteiger partial charge in [0.2, 0.25) is 0 Å². The van der Waals surface area contributed by atoms with Crippen LogP contribution in [0.15, 0.2) is 120 Å². The molecule has 0 radical (unpaired) electrons. The maximum absolute atomic E-state index is 13.1. The first-order chi connectivity index (χ1) is 20.2. The maximum Gasteiger partial charge on any atom is 0.271 e. The molecule has 0 saturated heterocycles. The van der Waals surface area contributed by atoms with Crippen LogP contribution < -0.4 is 10.3 Å². The Morgan fingerprint density at radius 1 is 0.902 bits per heavy atom. The van der Waals surface area contributed by atoms with Crippen LogP contribution in [-0.4, -0.2) is 27.8 Å². The molecule has 7 nitrogen and oxygen atoms in total. The van der Waals surface area contributed by atoms with Gasteiger partial charge in [0.05, 0.1) is 29.0 Å². The first kappa shape index (κ1) is 24.7. The van der Waals surface area contributed by atoms with E-state index in [1.165, 1.54) is 0 Å².